The van der Waals surface area contributed by atoms with Gasteiger partial charge in [0.15, 0.2) is 0 Å². The number of carbonyl (C=O) groups is 2. The van der Waals surface area contributed by atoms with E-state index >= 15 is 0 Å². The fourth-order valence-electron chi connectivity index (χ4n) is 4.48. The summed E-state index contributed by atoms with van der Waals surface area (Å²) in [5, 5.41) is 6.87. The highest BCUT2D eigenvalue weighted by atomic mass is 32.1. The fraction of sp³-hybridized carbons (Fsp3) is 0.542. The average Bonchev–Trinajstić information content (AvgIpc) is 3.40. The van der Waals surface area contributed by atoms with E-state index in [0.717, 1.165) is 36.6 Å². The third-order valence-electron chi connectivity index (χ3n) is 6.37. The number of thiazole rings is 1. The van der Waals surface area contributed by atoms with Gasteiger partial charge in [-0.1, -0.05) is 0 Å². The van der Waals surface area contributed by atoms with Gasteiger partial charge in [-0.25, -0.2) is 9.78 Å². The van der Waals surface area contributed by atoms with Gasteiger partial charge in [-0.2, -0.15) is 0 Å². The third kappa shape index (κ3) is 5.83. The molecule has 8 nitrogen and oxygen atoms in total. The van der Waals surface area contributed by atoms with Gasteiger partial charge in [-0.15, -0.1) is 11.3 Å². The van der Waals surface area contributed by atoms with Crippen molar-refractivity contribution < 1.29 is 14.3 Å². The Labute approximate surface area is 199 Å². The highest BCUT2D eigenvalue weighted by Gasteiger charge is 2.26. The van der Waals surface area contributed by atoms with Crippen LogP contribution in [0.4, 0.5) is 10.5 Å². The largest absolute Gasteiger partial charge is 0.450 e. The van der Waals surface area contributed by atoms with Crippen LogP contribution in [0.5, 0.6) is 0 Å². The van der Waals surface area contributed by atoms with Gasteiger partial charge in [0.1, 0.15) is 5.01 Å². The SMILES string of the molecule is CCOC(=O)N1CCN(C(=O)c2ccc(N3CCC(N[C@@H](C)c4nccs4)CC3)cc2)CC1. The van der Waals surface area contributed by atoms with Crippen molar-refractivity contribution >= 4 is 29.0 Å². The predicted octanol–water partition coefficient (Wildman–Crippen LogP) is 3.38. The van der Waals surface area contributed by atoms with Gasteiger partial charge >= 0.3 is 6.09 Å². The first-order chi connectivity index (χ1) is 16.0. The number of nitrogens with zero attached hydrogens (tertiary/aromatic N) is 4. The van der Waals surface area contributed by atoms with Crippen LogP contribution >= 0.6 is 11.3 Å². The number of rotatable bonds is 6. The highest BCUT2D eigenvalue weighted by molar-refractivity contribution is 7.09. The van der Waals surface area contributed by atoms with Gasteiger partial charge in [-0.05, 0) is 51.0 Å². The second kappa shape index (κ2) is 11.0. The molecule has 3 heterocycles. The molecule has 2 aromatic rings. The topological polar surface area (TPSA) is 78.0 Å². The van der Waals surface area contributed by atoms with Crippen LogP contribution in [0.2, 0.25) is 0 Å². The molecule has 0 radical (unpaired) electrons. The maximum Gasteiger partial charge on any atom is 0.409 e. The highest BCUT2D eigenvalue weighted by Crippen LogP contribution is 2.23. The van der Waals surface area contributed by atoms with Crippen LogP contribution in [0.15, 0.2) is 35.8 Å². The van der Waals surface area contributed by atoms with Crippen LogP contribution in [0.3, 0.4) is 0 Å². The molecule has 2 amide bonds. The lowest BCUT2D eigenvalue weighted by Gasteiger charge is -2.35. The molecule has 2 aliphatic rings. The van der Waals surface area contributed by atoms with E-state index in [2.05, 4.69) is 22.1 Å². The standard InChI is InChI=1S/C24H33N5O3S/c1-3-32-24(31)29-15-13-28(14-16-29)23(30)19-4-6-21(7-5-19)27-11-8-20(9-12-27)26-18(2)22-25-10-17-33-22/h4-7,10,17-18,20,26H,3,8-9,11-16H2,1-2H3/t18-/m0/s1. The number of hydrogen-bond donors (Lipinski definition) is 1. The lowest BCUT2D eigenvalue weighted by atomic mass is 10.0. The Morgan fingerprint density at radius 2 is 1.76 bits per heavy atom. The Balaban J connectivity index is 1.25. The quantitative estimate of drug-likeness (QED) is 0.696. The molecule has 4 rings (SSSR count). The minimum Gasteiger partial charge on any atom is -0.450 e. The number of hydrogen-bond acceptors (Lipinski definition) is 7. The van der Waals surface area contributed by atoms with Crippen molar-refractivity contribution in [3.8, 4) is 0 Å². The zero-order valence-electron chi connectivity index (χ0n) is 19.4. The number of piperazine rings is 1. The molecule has 9 heteroatoms. The fourth-order valence-corrected chi connectivity index (χ4v) is 5.14. The second-order valence-corrected chi connectivity index (χ2v) is 9.47. The van der Waals surface area contributed by atoms with E-state index in [1.807, 2.05) is 40.7 Å². The number of nitrogens with one attached hydrogen (secondary N) is 1. The third-order valence-corrected chi connectivity index (χ3v) is 7.33. The first-order valence-corrected chi connectivity index (χ1v) is 12.6. The van der Waals surface area contributed by atoms with Gasteiger partial charge in [-0.3, -0.25) is 4.79 Å². The summed E-state index contributed by atoms with van der Waals surface area (Å²) >= 11 is 1.70. The number of carbonyl (C=O) groups excluding carboxylic acids is 2. The van der Waals surface area contributed by atoms with Gasteiger partial charge < -0.3 is 24.8 Å². The molecule has 1 N–H and O–H groups in total. The number of amides is 2. The first kappa shape index (κ1) is 23.5. The molecule has 2 aliphatic heterocycles. The average molecular weight is 472 g/mol. The van der Waals surface area contributed by atoms with Crippen molar-refractivity contribution in [2.24, 2.45) is 0 Å². The normalized spacial score (nSPS) is 18.3. The van der Waals surface area contributed by atoms with Crippen LogP contribution in [-0.4, -0.2) is 78.7 Å². The molecule has 0 aliphatic carbocycles. The van der Waals surface area contributed by atoms with E-state index in [9.17, 15) is 9.59 Å². The molecule has 1 atom stereocenters. The summed E-state index contributed by atoms with van der Waals surface area (Å²) < 4.78 is 5.05. The minimum atomic E-state index is -0.300. The molecular formula is C24H33N5O3S. The molecule has 0 bridgehead atoms. The summed E-state index contributed by atoms with van der Waals surface area (Å²) in [6.45, 7) is 8.39. The molecular weight excluding hydrogens is 438 g/mol. The van der Waals surface area contributed by atoms with Gasteiger partial charge in [0, 0.05) is 68.1 Å². The maximum absolute atomic E-state index is 12.9. The molecule has 178 valence electrons. The Morgan fingerprint density at radius 3 is 2.36 bits per heavy atom. The summed E-state index contributed by atoms with van der Waals surface area (Å²) in [4.78, 5) is 35.0. The zero-order valence-corrected chi connectivity index (χ0v) is 20.2. The molecule has 33 heavy (non-hydrogen) atoms. The van der Waals surface area contributed by atoms with Gasteiger partial charge in [0.25, 0.3) is 5.91 Å². The molecule has 2 fully saturated rings. The number of ether oxygens (including phenoxy) is 1. The van der Waals surface area contributed by atoms with Crippen LogP contribution in [0.1, 0.15) is 48.1 Å². The number of benzene rings is 1. The number of anilines is 1. The summed E-state index contributed by atoms with van der Waals surface area (Å²) in [5.74, 6) is 0.0177. The van der Waals surface area contributed by atoms with E-state index in [1.54, 1.807) is 23.2 Å². The summed E-state index contributed by atoms with van der Waals surface area (Å²) in [5.41, 5.74) is 1.85. The second-order valence-electron chi connectivity index (χ2n) is 8.55. The molecule has 1 aromatic heterocycles. The van der Waals surface area contributed by atoms with Crippen LogP contribution in [0, 0.1) is 0 Å². The molecule has 2 saturated heterocycles. The maximum atomic E-state index is 12.9. The van der Waals surface area contributed by atoms with Crippen LogP contribution < -0.4 is 10.2 Å². The smallest absolute Gasteiger partial charge is 0.409 e. The van der Waals surface area contributed by atoms with Crippen molar-refractivity contribution in [2.75, 3.05) is 50.8 Å². The van der Waals surface area contributed by atoms with E-state index in [0.29, 0.717) is 44.4 Å². The lowest BCUT2D eigenvalue weighted by Crippen LogP contribution is -2.50. The van der Waals surface area contributed by atoms with E-state index in [-0.39, 0.29) is 18.0 Å². The summed E-state index contributed by atoms with van der Waals surface area (Å²) in [6, 6.07) is 8.72. The van der Waals surface area contributed by atoms with Crippen molar-refractivity contribution in [3.05, 3.63) is 46.4 Å². The summed E-state index contributed by atoms with van der Waals surface area (Å²) in [6.07, 6.45) is 3.73. The predicted molar refractivity (Wildman–Crippen MR) is 130 cm³/mol. The molecule has 0 spiro atoms. The van der Waals surface area contributed by atoms with E-state index in [1.165, 1.54) is 0 Å². The van der Waals surface area contributed by atoms with Crippen LogP contribution in [0.25, 0.3) is 0 Å². The lowest BCUT2D eigenvalue weighted by molar-refractivity contribution is 0.0570. The first-order valence-electron chi connectivity index (χ1n) is 11.8. The van der Waals surface area contributed by atoms with E-state index < -0.39 is 0 Å². The van der Waals surface area contributed by atoms with E-state index in [4.69, 9.17) is 4.74 Å². The Morgan fingerprint density at radius 1 is 1.09 bits per heavy atom. The Bertz CT molecular complexity index is 905. The zero-order chi connectivity index (χ0) is 23.2. The monoisotopic (exact) mass is 471 g/mol. The van der Waals surface area contributed by atoms with Crippen molar-refractivity contribution in [1.82, 2.24) is 20.1 Å². The van der Waals surface area contributed by atoms with Gasteiger partial charge in [0.2, 0.25) is 0 Å². The number of aromatic nitrogens is 1. The van der Waals surface area contributed by atoms with Crippen molar-refractivity contribution in [1.29, 1.82) is 0 Å². The van der Waals surface area contributed by atoms with Gasteiger partial charge in [0.05, 0.1) is 12.6 Å². The van der Waals surface area contributed by atoms with Crippen molar-refractivity contribution in [2.45, 2.75) is 38.8 Å². The summed E-state index contributed by atoms with van der Waals surface area (Å²) in [7, 11) is 0. The molecule has 0 saturated carbocycles. The van der Waals surface area contributed by atoms with Crippen molar-refractivity contribution in [3.63, 3.8) is 0 Å². The Hall–Kier alpha value is -2.65. The molecule has 0 unspecified atom stereocenters. The minimum absolute atomic E-state index is 0.0177. The number of piperidine rings is 1. The Kier molecular flexibility index (Phi) is 7.82. The van der Waals surface area contributed by atoms with Crippen LogP contribution in [-0.2, 0) is 4.74 Å². The molecule has 1 aromatic carbocycles.